The fraction of sp³-hybridized carbons (Fsp3) is 0.381. The van der Waals surface area contributed by atoms with Crippen molar-refractivity contribution in [2.45, 2.75) is 32.1 Å². The molecule has 0 saturated heterocycles. The minimum atomic E-state index is -0.805. The van der Waals surface area contributed by atoms with Crippen molar-refractivity contribution in [2.24, 2.45) is 17.8 Å². The van der Waals surface area contributed by atoms with Crippen LogP contribution in [-0.2, 0) is 10.2 Å². The Bertz CT molecular complexity index is 703. The summed E-state index contributed by atoms with van der Waals surface area (Å²) in [5.74, 6) is -0.731. The average Bonchev–Trinajstić information content (AvgIpc) is 2.58. The number of benzene rings is 2. The molecule has 2 aromatic carbocycles. The zero-order valence-corrected chi connectivity index (χ0v) is 14.5. The lowest BCUT2D eigenvalue weighted by Crippen LogP contribution is -2.49. The molecule has 3 rings (SSSR count). The molecule has 0 aromatic heterocycles. The number of rotatable bonds is 3. The summed E-state index contributed by atoms with van der Waals surface area (Å²) in [6.07, 6.45) is 1.64. The van der Waals surface area contributed by atoms with Crippen molar-refractivity contribution < 1.29 is 20.1 Å². The van der Waals surface area contributed by atoms with E-state index in [1.165, 1.54) is 0 Å². The molecule has 0 aliphatic heterocycles. The van der Waals surface area contributed by atoms with Gasteiger partial charge in [-0.1, -0.05) is 38.1 Å². The Morgan fingerprint density at radius 1 is 0.920 bits per heavy atom. The quantitative estimate of drug-likeness (QED) is 0.784. The molecule has 25 heavy (non-hydrogen) atoms. The molecule has 4 heteroatoms. The van der Waals surface area contributed by atoms with E-state index in [9.17, 15) is 20.1 Å². The van der Waals surface area contributed by atoms with E-state index in [2.05, 4.69) is 6.92 Å². The van der Waals surface area contributed by atoms with Crippen molar-refractivity contribution >= 4 is 5.97 Å². The van der Waals surface area contributed by atoms with Gasteiger partial charge in [-0.15, -0.1) is 0 Å². The third-order valence-electron chi connectivity index (χ3n) is 5.98. The summed E-state index contributed by atoms with van der Waals surface area (Å²) in [6.45, 7) is 4.12. The van der Waals surface area contributed by atoms with E-state index in [1.54, 1.807) is 24.3 Å². The van der Waals surface area contributed by atoms with Crippen LogP contribution in [0.5, 0.6) is 11.5 Å². The molecule has 1 aliphatic carbocycles. The Hall–Kier alpha value is -2.49. The third-order valence-corrected chi connectivity index (χ3v) is 5.98. The number of carboxylic acids is 1. The van der Waals surface area contributed by atoms with Crippen LogP contribution in [0.4, 0.5) is 0 Å². The number of carbonyl (C=O) groups is 1. The van der Waals surface area contributed by atoms with Crippen LogP contribution in [0.2, 0.25) is 0 Å². The van der Waals surface area contributed by atoms with Crippen LogP contribution in [0.3, 0.4) is 0 Å². The first kappa shape index (κ1) is 17.3. The molecule has 3 unspecified atom stereocenters. The van der Waals surface area contributed by atoms with Crippen LogP contribution in [0.25, 0.3) is 0 Å². The van der Waals surface area contributed by atoms with Crippen molar-refractivity contribution in [1.82, 2.24) is 0 Å². The Morgan fingerprint density at radius 2 is 1.36 bits per heavy atom. The van der Waals surface area contributed by atoms with Gasteiger partial charge in [0, 0.05) is 5.41 Å². The van der Waals surface area contributed by atoms with Crippen molar-refractivity contribution in [3.63, 3.8) is 0 Å². The van der Waals surface area contributed by atoms with Gasteiger partial charge in [-0.05, 0) is 60.1 Å². The van der Waals surface area contributed by atoms with Gasteiger partial charge in [0.05, 0.1) is 5.92 Å². The standard InChI is InChI=1S/C21H24O4/c1-13-11-12-21(19(14(13)2)20(24)25,15-3-7-17(22)8-4-15)16-5-9-18(23)10-6-16/h3-10,13-14,19,22-23H,11-12H2,1-2H3,(H,24,25). The van der Waals surface area contributed by atoms with Crippen molar-refractivity contribution in [3.05, 3.63) is 59.7 Å². The van der Waals surface area contributed by atoms with Gasteiger partial charge in [0.1, 0.15) is 11.5 Å². The summed E-state index contributed by atoms with van der Waals surface area (Å²) in [5, 5.41) is 29.4. The number of hydrogen-bond acceptors (Lipinski definition) is 3. The van der Waals surface area contributed by atoms with Gasteiger partial charge in [-0.2, -0.15) is 0 Å². The molecule has 3 atom stereocenters. The molecule has 1 saturated carbocycles. The van der Waals surface area contributed by atoms with E-state index in [0.29, 0.717) is 12.3 Å². The molecule has 0 bridgehead atoms. The van der Waals surface area contributed by atoms with Gasteiger partial charge >= 0.3 is 5.97 Å². The molecule has 132 valence electrons. The number of phenols is 2. The van der Waals surface area contributed by atoms with Crippen LogP contribution in [0.15, 0.2) is 48.5 Å². The SMILES string of the molecule is CC1CCC(c2ccc(O)cc2)(c2ccc(O)cc2)C(C(=O)O)C1C. The van der Waals surface area contributed by atoms with E-state index in [0.717, 1.165) is 17.5 Å². The van der Waals surface area contributed by atoms with E-state index < -0.39 is 17.3 Å². The topological polar surface area (TPSA) is 77.8 Å². The first-order chi connectivity index (χ1) is 11.9. The summed E-state index contributed by atoms with van der Waals surface area (Å²) >= 11 is 0. The van der Waals surface area contributed by atoms with E-state index in [-0.39, 0.29) is 17.4 Å². The molecule has 0 heterocycles. The fourth-order valence-electron chi connectivity index (χ4n) is 4.42. The maximum absolute atomic E-state index is 12.3. The maximum Gasteiger partial charge on any atom is 0.308 e. The van der Waals surface area contributed by atoms with Crippen molar-refractivity contribution in [1.29, 1.82) is 0 Å². The lowest BCUT2D eigenvalue weighted by Gasteiger charge is -2.48. The number of hydrogen-bond donors (Lipinski definition) is 3. The Morgan fingerprint density at radius 3 is 1.76 bits per heavy atom. The predicted octanol–water partition coefficient (Wildman–Crippen LogP) is 4.15. The number of phenolic OH excluding ortho intramolecular Hbond substituents is 2. The molecule has 0 spiro atoms. The van der Waals surface area contributed by atoms with Crippen molar-refractivity contribution in [3.8, 4) is 11.5 Å². The second-order valence-electron chi connectivity index (χ2n) is 7.26. The number of carboxylic acid groups (broad SMARTS) is 1. The molecule has 1 fully saturated rings. The summed E-state index contributed by atoms with van der Waals surface area (Å²) in [7, 11) is 0. The van der Waals surface area contributed by atoms with E-state index in [1.807, 2.05) is 31.2 Å². The maximum atomic E-state index is 12.3. The van der Waals surface area contributed by atoms with Gasteiger partial charge in [0.2, 0.25) is 0 Å². The van der Waals surface area contributed by atoms with Gasteiger partial charge in [0.25, 0.3) is 0 Å². The van der Waals surface area contributed by atoms with Gasteiger partial charge in [-0.25, -0.2) is 0 Å². The Kier molecular flexibility index (Phi) is 4.46. The summed E-state index contributed by atoms with van der Waals surface area (Å²) in [4.78, 5) is 12.3. The third kappa shape index (κ3) is 2.86. The van der Waals surface area contributed by atoms with Crippen LogP contribution in [-0.4, -0.2) is 21.3 Å². The van der Waals surface area contributed by atoms with Crippen LogP contribution in [0, 0.1) is 17.8 Å². The minimum Gasteiger partial charge on any atom is -0.508 e. The molecule has 3 N–H and O–H groups in total. The van der Waals surface area contributed by atoms with Crippen LogP contribution in [0.1, 0.15) is 37.8 Å². The van der Waals surface area contributed by atoms with E-state index in [4.69, 9.17) is 0 Å². The largest absolute Gasteiger partial charge is 0.508 e. The molecule has 1 aliphatic rings. The zero-order valence-electron chi connectivity index (χ0n) is 14.5. The molecular formula is C21H24O4. The summed E-state index contributed by atoms with van der Waals surface area (Å²) in [5.41, 5.74) is 1.10. The second kappa shape index (κ2) is 6.43. The normalized spacial score (nSPS) is 25.4. The molecular weight excluding hydrogens is 316 g/mol. The highest BCUT2D eigenvalue weighted by molar-refractivity contribution is 5.75. The first-order valence-electron chi connectivity index (χ1n) is 8.68. The Balaban J connectivity index is 2.25. The van der Waals surface area contributed by atoms with Crippen LogP contribution >= 0.6 is 0 Å². The lowest BCUT2D eigenvalue weighted by atomic mass is 9.54. The van der Waals surface area contributed by atoms with E-state index >= 15 is 0 Å². The zero-order chi connectivity index (χ0) is 18.2. The minimum absolute atomic E-state index is 0.00820. The number of aliphatic carboxylic acids is 1. The molecule has 4 nitrogen and oxygen atoms in total. The second-order valence-corrected chi connectivity index (χ2v) is 7.26. The smallest absolute Gasteiger partial charge is 0.308 e. The first-order valence-corrected chi connectivity index (χ1v) is 8.68. The highest BCUT2D eigenvalue weighted by atomic mass is 16.4. The fourth-order valence-corrected chi connectivity index (χ4v) is 4.42. The molecule has 0 radical (unpaired) electrons. The predicted molar refractivity (Wildman–Crippen MR) is 95.7 cm³/mol. The highest BCUT2D eigenvalue weighted by Crippen LogP contribution is 2.53. The Labute approximate surface area is 147 Å². The summed E-state index contributed by atoms with van der Waals surface area (Å²) < 4.78 is 0. The van der Waals surface area contributed by atoms with Crippen molar-refractivity contribution in [2.75, 3.05) is 0 Å². The van der Waals surface area contributed by atoms with Gasteiger partial charge in [0.15, 0.2) is 0 Å². The van der Waals surface area contributed by atoms with Gasteiger partial charge < -0.3 is 15.3 Å². The average molecular weight is 340 g/mol. The monoisotopic (exact) mass is 340 g/mol. The van der Waals surface area contributed by atoms with Crippen LogP contribution < -0.4 is 0 Å². The summed E-state index contributed by atoms with van der Waals surface area (Å²) in [6, 6.07) is 13.7. The highest BCUT2D eigenvalue weighted by Gasteiger charge is 2.52. The molecule has 2 aromatic rings. The lowest BCUT2D eigenvalue weighted by molar-refractivity contribution is -0.148. The van der Waals surface area contributed by atoms with Gasteiger partial charge in [-0.3, -0.25) is 4.79 Å². The molecule has 0 amide bonds. The number of aromatic hydroxyl groups is 2.